The highest BCUT2D eigenvalue weighted by Crippen LogP contribution is 2.13. The van der Waals surface area contributed by atoms with Crippen LogP contribution in [-0.4, -0.2) is 52.3 Å². The van der Waals surface area contributed by atoms with E-state index in [1.54, 1.807) is 23.6 Å². The first-order chi connectivity index (χ1) is 7.27. The molecule has 1 atom stereocenters. The predicted molar refractivity (Wildman–Crippen MR) is 58.9 cm³/mol. The lowest BCUT2D eigenvalue weighted by atomic mass is 10.3. The lowest BCUT2D eigenvalue weighted by Crippen LogP contribution is -2.35. The summed E-state index contributed by atoms with van der Waals surface area (Å²) in [4.78, 5) is 0. The van der Waals surface area contributed by atoms with Crippen LogP contribution in [0, 0.1) is 0 Å². The molecule has 7 heteroatoms. The van der Waals surface area contributed by atoms with Crippen molar-refractivity contribution in [2.24, 2.45) is 7.05 Å². The number of nitrogens with one attached hydrogen (secondary N) is 1. The van der Waals surface area contributed by atoms with Gasteiger partial charge in [-0.15, -0.1) is 5.10 Å². The van der Waals surface area contributed by atoms with Gasteiger partial charge in [0.25, 0.3) is 0 Å². The van der Waals surface area contributed by atoms with Crippen LogP contribution >= 0.6 is 11.8 Å². The molecule has 1 unspecified atom stereocenters. The van der Waals surface area contributed by atoms with Gasteiger partial charge in [-0.2, -0.15) is 0 Å². The number of hydrogen-bond acceptors (Lipinski definition) is 6. The summed E-state index contributed by atoms with van der Waals surface area (Å²) in [6.07, 6.45) is 0. The minimum Gasteiger partial charge on any atom is -0.383 e. The van der Waals surface area contributed by atoms with Crippen molar-refractivity contribution < 1.29 is 4.74 Å². The highest BCUT2D eigenvalue weighted by molar-refractivity contribution is 7.99. The highest BCUT2D eigenvalue weighted by atomic mass is 32.2. The van der Waals surface area contributed by atoms with Gasteiger partial charge in [-0.1, -0.05) is 18.7 Å². The van der Waals surface area contributed by atoms with E-state index in [1.165, 1.54) is 0 Å². The van der Waals surface area contributed by atoms with Crippen molar-refractivity contribution in [1.29, 1.82) is 0 Å². The number of thioether (sulfide) groups is 1. The summed E-state index contributed by atoms with van der Waals surface area (Å²) in [5, 5.41) is 15.4. The molecule has 0 aliphatic carbocycles. The van der Waals surface area contributed by atoms with Gasteiger partial charge in [0.15, 0.2) is 0 Å². The fourth-order valence-corrected chi connectivity index (χ4v) is 2.06. The number of ether oxygens (including phenoxy) is 1. The monoisotopic (exact) mass is 231 g/mol. The van der Waals surface area contributed by atoms with Gasteiger partial charge in [-0.3, -0.25) is 0 Å². The van der Waals surface area contributed by atoms with E-state index < -0.39 is 0 Å². The van der Waals surface area contributed by atoms with Crippen LogP contribution < -0.4 is 5.32 Å². The zero-order valence-corrected chi connectivity index (χ0v) is 10.1. The summed E-state index contributed by atoms with van der Waals surface area (Å²) in [5.74, 6) is 0.899. The van der Waals surface area contributed by atoms with Crippen LogP contribution in [0.2, 0.25) is 0 Å². The first kappa shape index (κ1) is 12.4. The van der Waals surface area contributed by atoms with Crippen molar-refractivity contribution in [1.82, 2.24) is 25.5 Å². The van der Waals surface area contributed by atoms with E-state index in [4.69, 9.17) is 4.74 Å². The summed E-state index contributed by atoms with van der Waals surface area (Å²) < 4.78 is 6.79. The third-order valence-electron chi connectivity index (χ3n) is 1.86. The first-order valence-electron chi connectivity index (χ1n) is 4.85. The number of aryl methyl sites for hydroxylation is 1. The van der Waals surface area contributed by atoms with Crippen molar-refractivity contribution >= 4 is 11.8 Å². The molecule has 0 bridgehead atoms. The quantitative estimate of drug-likeness (QED) is 0.663. The molecule has 15 heavy (non-hydrogen) atoms. The maximum Gasteiger partial charge on any atom is 0.209 e. The van der Waals surface area contributed by atoms with Gasteiger partial charge in [0.1, 0.15) is 0 Å². The van der Waals surface area contributed by atoms with E-state index in [0.717, 1.165) is 17.5 Å². The van der Waals surface area contributed by atoms with Gasteiger partial charge in [-0.25, -0.2) is 4.68 Å². The molecule has 6 nitrogen and oxygen atoms in total. The minimum atomic E-state index is 0.335. The SMILES string of the molecule is CCNC(COC)CSc1nnnn1C. The van der Waals surface area contributed by atoms with E-state index in [1.807, 2.05) is 7.05 Å². The largest absolute Gasteiger partial charge is 0.383 e. The molecular formula is C8H17N5OS. The Morgan fingerprint density at radius 2 is 2.40 bits per heavy atom. The third-order valence-corrected chi connectivity index (χ3v) is 3.03. The zero-order valence-electron chi connectivity index (χ0n) is 9.30. The number of nitrogens with zero attached hydrogens (tertiary/aromatic N) is 4. The van der Waals surface area contributed by atoms with Crippen LogP contribution in [0.15, 0.2) is 5.16 Å². The van der Waals surface area contributed by atoms with Crippen LogP contribution in [0.5, 0.6) is 0 Å². The van der Waals surface area contributed by atoms with E-state index in [9.17, 15) is 0 Å². The summed E-state index contributed by atoms with van der Waals surface area (Å²) in [6.45, 7) is 3.72. The molecule has 86 valence electrons. The molecule has 1 aromatic heterocycles. The molecule has 0 aliphatic rings. The molecule has 0 radical (unpaired) electrons. The second kappa shape index (κ2) is 6.76. The van der Waals surface area contributed by atoms with Crippen molar-refractivity contribution in [3.63, 3.8) is 0 Å². The fourth-order valence-electron chi connectivity index (χ4n) is 1.17. The lowest BCUT2D eigenvalue weighted by molar-refractivity contribution is 0.174. The molecule has 0 amide bonds. The van der Waals surface area contributed by atoms with Gasteiger partial charge >= 0.3 is 0 Å². The second-order valence-electron chi connectivity index (χ2n) is 3.11. The van der Waals surface area contributed by atoms with Crippen molar-refractivity contribution in [3.8, 4) is 0 Å². The van der Waals surface area contributed by atoms with E-state index >= 15 is 0 Å². The number of rotatable bonds is 7. The van der Waals surface area contributed by atoms with Gasteiger partial charge in [0.05, 0.1) is 6.61 Å². The molecule has 0 saturated carbocycles. The average molecular weight is 231 g/mol. The molecule has 1 heterocycles. The summed E-state index contributed by atoms with van der Waals surface area (Å²) in [7, 11) is 3.54. The van der Waals surface area contributed by atoms with E-state index in [0.29, 0.717) is 12.6 Å². The number of aromatic nitrogens is 4. The summed E-state index contributed by atoms with van der Waals surface area (Å²) in [6, 6.07) is 0.335. The normalized spacial score (nSPS) is 13.0. The van der Waals surface area contributed by atoms with Gasteiger partial charge in [0.2, 0.25) is 5.16 Å². The maximum atomic E-state index is 5.12. The predicted octanol–water partition coefficient (Wildman–Crippen LogP) is -0.0733. The Labute approximate surface area is 93.8 Å². The fraction of sp³-hybridized carbons (Fsp3) is 0.875. The molecule has 0 aliphatic heterocycles. The minimum absolute atomic E-state index is 0.335. The molecule has 1 aromatic rings. The number of methoxy groups -OCH3 is 1. The third kappa shape index (κ3) is 4.15. The Morgan fingerprint density at radius 1 is 1.60 bits per heavy atom. The first-order valence-corrected chi connectivity index (χ1v) is 5.84. The van der Waals surface area contributed by atoms with Gasteiger partial charge < -0.3 is 10.1 Å². The smallest absolute Gasteiger partial charge is 0.209 e. The Morgan fingerprint density at radius 3 is 2.93 bits per heavy atom. The van der Waals surface area contributed by atoms with Crippen LogP contribution in [0.3, 0.4) is 0 Å². The van der Waals surface area contributed by atoms with Gasteiger partial charge in [-0.05, 0) is 17.0 Å². The summed E-state index contributed by atoms with van der Waals surface area (Å²) in [5.41, 5.74) is 0. The van der Waals surface area contributed by atoms with Crippen LogP contribution in [0.25, 0.3) is 0 Å². The lowest BCUT2D eigenvalue weighted by Gasteiger charge is -2.15. The second-order valence-corrected chi connectivity index (χ2v) is 4.09. The molecule has 0 fully saturated rings. The Kier molecular flexibility index (Phi) is 5.59. The molecule has 1 N–H and O–H groups in total. The standard InChI is InChI=1S/C8H17N5OS/c1-4-9-7(5-14-3)6-15-8-10-11-12-13(8)2/h7,9H,4-6H2,1-3H3. The van der Waals surface area contributed by atoms with E-state index in [-0.39, 0.29) is 0 Å². The van der Waals surface area contributed by atoms with Crippen LogP contribution in [-0.2, 0) is 11.8 Å². The Hall–Kier alpha value is -0.660. The van der Waals surface area contributed by atoms with Crippen molar-refractivity contribution in [3.05, 3.63) is 0 Å². The van der Waals surface area contributed by atoms with Crippen molar-refractivity contribution in [2.45, 2.75) is 18.1 Å². The Bertz CT molecular complexity index is 274. The molecule has 0 spiro atoms. The van der Waals surface area contributed by atoms with Gasteiger partial charge in [0, 0.05) is 26.0 Å². The summed E-state index contributed by atoms with van der Waals surface area (Å²) >= 11 is 1.63. The van der Waals surface area contributed by atoms with Crippen molar-refractivity contribution in [2.75, 3.05) is 26.0 Å². The van der Waals surface area contributed by atoms with Crippen LogP contribution in [0.1, 0.15) is 6.92 Å². The molecule has 0 aromatic carbocycles. The zero-order chi connectivity index (χ0) is 11.1. The van der Waals surface area contributed by atoms with E-state index in [2.05, 4.69) is 27.8 Å². The Balaban J connectivity index is 2.36. The maximum absolute atomic E-state index is 5.12. The average Bonchev–Trinajstić information content (AvgIpc) is 2.61. The number of hydrogen-bond donors (Lipinski definition) is 1. The number of likely N-dealkylation sites (N-methyl/N-ethyl adjacent to an activating group) is 1. The molecular weight excluding hydrogens is 214 g/mol. The molecule has 1 rings (SSSR count). The van der Waals surface area contributed by atoms with Crippen LogP contribution in [0.4, 0.5) is 0 Å². The molecule has 0 saturated heterocycles. The highest BCUT2D eigenvalue weighted by Gasteiger charge is 2.10. The number of tetrazole rings is 1. The topological polar surface area (TPSA) is 64.9 Å².